The number of benzene rings is 1. The zero-order valence-corrected chi connectivity index (χ0v) is 20.6. The number of piperazine rings is 1. The van der Waals surface area contributed by atoms with Crippen molar-refractivity contribution in [3.63, 3.8) is 0 Å². The van der Waals surface area contributed by atoms with Crippen LogP contribution >= 0.6 is 0 Å². The average molecular weight is 470 g/mol. The number of carbonyl (C=O) groups excluding carboxylic acids is 2. The summed E-state index contributed by atoms with van der Waals surface area (Å²) in [5, 5.41) is 16.1. The number of aromatic carboxylic acids is 1. The van der Waals surface area contributed by atoms with Crippen molar-refractivity contribution in [2.24, 2.45) is 5.92 Å². The fraction of sp³-hybridized carbons (Fsp3) is 0.520. The molecule has 3 N–H and O–H groups in total. The lowest BCUT2D eigenvalue weighted by molar-refractivity contribution is -0.123. The Morgan fingerprint density at radius 2 is 1.74 bits per heavy atom. The molecule has 3 rings (SSSR count). The number of rotatable bonds is 7. The number of amides is 2. The number of carboxylic acid groups (broad SMARTS) is 1. The lowest BCUT2D eigenvalue weighted by Gasteiger charge is -2.35. The van der Waals surface area contributed by atoms with Crippen LogP contribution in [0.15, 0.2) is 24.3 Å². The molecule has 2 amide bonds. The molecule has 1 aliphatic rings. The lowest BCUT2D eigenvalue weighted by Crippen LogP contribution is -2.52. The Bertz CT molecular complexity index is 1070. The van der Waals surface area contributed by atoms with Gasteiger partial charge in [-0.05, 0) is 51.0 Å². The number of anilines is 2. The van der Waals surface area contributed by atoms with Crippen LogP contribution in [-0.2, 0) is 9.59 Å². The first-order valence-electron chi connectivity index (χ1n) is 11.7. The highest BCUT2D eigenvalue weighted by atomic mass is 16.4. The van der Waals surface area contributed by atoms with E-state index < -0.39 is 5.97 Å². The van der Waals surface area contributed by atoms with E-state index in [1.807, 2.05) is 39.5 Å². The summed E-state index contributed by atoms with van der Waals surface area (Å²) in [6.07, 6.45) is 0.394. The number of aromatic nitrogens is 1. The van der Waals surface area contributed by atoms with E-state index in [0.717, 1.165) is 0 Å². The van der Waals surface area contributed by atoms with E-state index >= 15 is 0 Å². The van der Waals surface area contributed by atoms with Crippen molar-refractivity contribution in [1.82, 2.24) is 15.2 Å². The minimum absolute atomic E-state index is 0.00534. The van der Waals surface area contributed by atoms with E-state index in [4.69, 9.17) is 4.98 Å². The van der Waals surface area contributed by atoms with Crippen LogP contribution in [0.5, 0.6) is 0 Å². The largest absolute Gasteiger partial charge is 0.478 e. The third-order valence-electron chi connectivity index (χ3n) is 5.48. The van der Waals surface area contributed by atoms with Gasteiger partial charge in [-0.1, -0.05) is 13.8 Å². The maximum absolute atomic E-state index is 12.2. The van der Waals surface area contributed by atoms with E-state index in [0.29, 0.717) is 61.6 Å². The summed E-state index contributed by atoms with van der Waals surface area (Å²) < 4.78 is 0. The predicted molar refractivity (Wildman–Crippen MR) is 133 cm³/mol. The zero-order valence-electron chi connectivity index (χ0n) is 20.6. The van der Waals surface area contributed by atoms with E-state index in [2.05, 4.69) is 15.5 Å². The van der Waals surface area contributed by atoms with E-state index in [1.54, 1.807) is 24.3 Å². The monoisotopic (exact) mass is 469 g/mol. The predicted octanol–water partition coefficient (Wildman–Crippen LogP) is 2.95. The highest BCUT2D eigenvalue weighted by Gasteiger charge is 2.23. The van der Waals surface area contributed by atoms with Crippen LogP contribution in [0.3, 0.4) is 0 Å². The summed E-state index contributed by atoms with van der Waals surface area (Å²) in [7, 11) is 0. The van der Waals surface area contributed by atoms with Gasteiger partial charge in [-0.25, -0.2) is 9.78 Å². The first-order chi connectivity index (χ1) is 15.9. The molecule has 1 aliphatic heterocycles. The smallest absolute Gasteiger partial charge is 0.336 e. The van der Waals surface area contributed by atoms with Crippen LogP contribution in [0.2, 0.25) is 0 Å². The third kappa shape index (κ3) is 6.90. The van der Waals surface area contributed by atoms with Gasteiger partial charge in [0.1, 0.15) is 5.82 Å². The molecule has 0 spiro atoms. The van der Waals surface area contributed by atoms with Gasteiger partial charge in [0.2, 0.25) is 11.8 Å². The van der Waals surface area contributed by atoms with Gasteiger partial charge in [0.15, 0.2) is 0 Å². The number of nitrogens with zero attached hydrogens (tertiary/aromatic N) is 3. The number of pyridine rings is 1. The normalized spacial score (nSPS) is 14.9. The maximum Gasteiger partial charge on any atom is 0.336 e. The third-order valence-corrected chi connectivity index (χ3v) is 5.48. The molecule has 9 heteroatoms. The molecular weight excluding hydrogens is 434 g/mol. The van der Waals surface area contributed by atoms with Crippen LogP contribution in [0.25, 0.3) is 10.9 Å². The number of hydrogen-bond acceptors (Lipinski definition) is 6. The Labute approximate surface area is 200 Å². The molecule has 1 aromatic carbocycles. The van der Waals surface area contributed by atoms with Crippen molar-refractivity contribution < 1.29 is 19.5 Å². The Balaban J connectivity index is 1.74. The Morgan fingerprint density at radius 1 is 1.06 bits per heavy atom. The second-order valence-corrected chi connectivity index (χ2v) is 10.3. The zero-order chi connectivity index (χ0) is 25.0. The highest BCUT2D eigenvalue weighted by molar-refractivity contribution is 6.05. The van der Waals surface area contributed by atoms with E-state index in [1.165, 1.54) is 0 Å². The molecule has 0 bridgehead atoms. The van der Waals surface area contributed by atoms with Gasteiger partial charge in [0.05, 0.1) is 17.6 Å². The molecule has 0 radical (unpaired) electrons. The molecule has 0 aliphatic carbocycles. The molecule has 2 aromatic rings. The molecule has 0 atom stereocenters. The van der Waals surface area contributed by atoms with Gasteiger partial charge in [0.25, 0.3) is 0 Å². The van der Waals surface area contributed by atoms with Crippen LogP contribution in [0.1, 0.15) is 51.4 Å². The standard InChI is InChI=1S/C25H35N5O4/c1-16(2)12-22(31)26-17-6-7-20-18(13-17)19(24(33)34)14-21(27-20)30-10-8-29(9-11-30)15-23(32)28-25(3,4)5/h6-7,13-14,16H,8-12,15H2,1-5H3,(H,26,31)(H,28,32)(H,33,34). The average Bonchev–Trinajstić information content (AvgIpc) is 2.71. The second kappa shape index (κ2) is 10.4. The van der Waals surface area contributed by atoms with Crippen molar-refractivity contribution in [3.05, 3.63) is 29.8 Å². The van der Waals surface area contributed by atoms with Crippen LogP contribution in [0.4, 0.5) is 11.5 Å². The van der Waals surface area contributed by atoms with Crippen LogP contribution in [-0.4, -0.2) is 71.0 Å². The summed E-state index contributed by atoms with van der Waals surface area (Å²) in [5.41, 5.74) is 0.992. The molecule has 184 valence electrons. The number of nitrogens with one attached hydrogen (secondary N) is 2. The van der Waals surface area contributed by atoms with Crippen molar-refractivity contribution >= 4 is 40.2 Å². The number of hydrogen-bond donors (Lipinski definition) is 3. The fourth-order valence-electron chi connectivity index (χ4n) is 4.01. The van der Waals surface area contributed by atoms with Gasteiger partial charge in [0, 0.05) is 49.2 Å². The first-order valence-corrected chi connectivity index (χ1v) is 11.7. The Hall–Kier alpha value is -3.20. The molecule has 1 fully saturated rings. The topological polar surface area (TPSA) is 115 Å². The number of carbonyl (C=O) groups is 3. The molecular formula is C25H35N5O4. The van der Waals surface area contributed by atoms with Crippen molar-refractivity contribution in [1.29, 1.82) is 0 Å². The SMILES string of the molecule is CC(C)CC(=O)Nc1ccc2nc(N3CCN(CC(=O)NC(C)(C)C)CC3)cc(C(=O)O)c2c1. The number of carboxylic acids is 1. The Kier molecular flexibility index (Phi) is 7.76. The fourth-order valence-corrected chi connectivity index (χ4v) is 4.01. The van der Waals surface area contributed by atoms with Crippen LogP contribution in [0, 0.1) is 5.92 Å². The van der Waals surface area contributed by atoms with E-state index in [9.17, 15) is 19.5 Å². The summed E-state index contributed by atoms with van der Waals surface area (Å²) >= 11 is 0. The molecule has 9 nitrogen and oxygen atoms in total. The van der Waals surface area contributed by atoms with Crippen molar-refractivity contribution in [2.45, 2.75) is 46.6 Å². The van der Waals surface area contributed by atoms with Crippen molar-refractivity contribution in [2.75, 3.05) is 42.9 Å². The number of fused-ring (bicyclic) bond motifs is 1. The maximum atomic E-state index is 12.2. The van der Waals surface area contributed by atoms with Gasteiger partial charge < -0.3 is 20.6 Å². The summed E-state index contributed by atoms with van der Waals surface area (Å²) in [6.45, 7) is 12.8. The van der Waals surface area contributed by atoms with Gasteiger partial charge in [-0.3, -0.25) is 14.5 Å². The minimum atomic E-state index is -1.04. The summed E-state index contributed by atoms with van der Waals surface area (Å²) in [4.78, 5) is 45.2. The summed E-state index contributed by atoms with van der Waals surface area (Å²) in [5.74, 6) is -0.330. The molecule has 1 aromatic heterocycles. The minimum Gasteiger partial charge on any atom is -0.478 e. The quantitative estimate of drug-likeness (QED) is 0.571. The van der Waals surface area contributed by atoms with E-state index in [-0.39, 0.29) is 28.8 Å². The molecule has 1 saturated heterocycles. The second-order valence-electron chi connectivity index (χ2n) is 10.3. The van der Waals surface area contributed by atoms with Gasteiger partial charge in [-0.2, -0.15) is 0 Å². The van der Waals surface area contributed by atoms with Gasteiger partial charge in [-0.15, -0.1) is 0 Å². The first kappa shape index (κ1) is 25.4. The van der Waals surface area contributed by atoms with Crippen molar-refractivity contribution in [3.8, 4) is 0 Å². The highest BCUT2D eigenvalue weighted by Crippen LogP contribution is 2.27. The molecule has 0 saturated carbocycles. The van der Waals surface area contributed by atoms with Gasteiger partial charge >= 0.3 is 5.97 Å². The lowest BCUT2D eigenvalue weighted by atomic mass is 10.1. The summed E-state index contributed by atoms with van der Waals surface area (Å²) in [6, 6.07) is 6.74. The Morgan fingerprint density at radius 3 is 2.32 bits per heavy atom. The molecule has 2 heterocycles. The molecule has 0 unspecified atom stereocenters. The van der Waals surface area contributed by atoms with Crippen LogP contribution < -0.4 is 15.5 Å². The molecule has 34 heavy (non-hydrogen) atoms.